The van der Waals surface area contributed by atoms with Crippen molar-refractivity contribution in [2.75, 3.05) is 13.2 Å². The fourth-order valence-corrected chi connectivity index (χ4v) is 1.91. The van der Waals surface area contributed by atoms with Crippen LogP contribution >= 0.6 is 0 Å². The van der Waals surface area contributed by atoms with Gasteiger partial charge < -0.3 is 20.1 Å². The molecule has 0 heterocycles. The highest BCUT2D eigenvalue weighted by atomic mass is 16.6. The molecule has 24 heavy (non-hydrogen) atoms. The van der Waals surface area contributed by atoms with E-state index in [-0.39, 0.29) is 25.4 Å². The second-order valence-corrected chi connectivity index (χ2v) is 6.55. The average Bonchev–Trinajstić information content (AvgIpc) is 2.46. The van der Waals surface area contributed by atoms with Crippen LogP contribution in [0.3, 0.4) is 0 Å². The molecule has 0 aliphatic carbocycles. The van der Waals surface area contributed by atoms with Gasteiger partial charge in [0.1, 0.15) is 11.6 Å². The van der Waals surface area contributed by atoms with E-state index in [1.165, 1.54) is 0 Å². The topological polar surface area (TPSA) is 93.7 Å². The molecule has 0 spiro atoms. The lowest BCUT2D eigenvalue weighted by Gasteiger charge is -2.22. The van der Waals surface area contributed by atoms with Crippen LogP contribution in [0, 0.1) is 0 Å². The third-order valence-corrected chi connectivity index (χ3v) is 3.02. The standard InChI is InChI=1S/C17H32N2O5/c1-6-8-9-12-18-14(20)11-10-13(15(21)23-7-2)19-16(22)24-17(3,4)5/h13H,6-12H2,1-5H3,(H,18,20)(H,19,22). The van der Waals surface area contributed by atoms with Gasteiger partial charge in [0.2, 0.25) is 5.91 Å². The van der Waals surface area contributed by atoms with Crippen LogP contribution in [-0.2, 0) is 19.1 Å². The summed E-state index contributed by atoms with van der Waals surface area (Å²) in [5.74, 6) is -0.714. The van der Waals surface area contributed by atoms with E-state index >= 15 is 0 Å². The van der Waals surface area contributed by atoms with Gasteiger partial charge in [0.25, 0.3) is 0 Å². The molecule has 0 aromatic carbocycles. The van der Waals surface area contributed by atoms with Crippen LogP contribution in [-0.4, -0.2) is 42.8 Å². The Balaban J connectivity index is 4.43. The molecule has 0 fully saturated rings. The molecule has 0 radical (unpaired) electrons. The van der Waals surface area contributed by atoms with Gasteiger partial charge in [-0.2, -0.15) is 0 Å². The zero-order valence-corrected chi connectivity index (χ0v) is 15.6. The first-order valence-corrected chi connectivity index (χ1v) is 8.62. The average molecular weight is 344 g/mol. The maximum Gasteiger partial charge on any atom is 0.408 e. The minimum atomic E-state index is -0.902. The van der Waals surface area contributed by atoms with Gasteiger partial charge in [0.15, 0.2) is 0 Å². The number of carbonyl (C=O) groups is 3. The van der Waals surface area contributed by atoms with Crippen molar-refractivity contribution in [3.05, 3.63) is 0 Å². The summed E-state index contributed by atoms with van der Waals surface area (Å²) in [7, 11) is 0. The van der Waals surface area contributed by atoms with Crippen LogP contribution in [0.2, 0.25) is 0 Å². The van der Waals surface area contributed by atoms with E-state index in [1.54, 1.807) is 27.7 Å². The van der Waals surface area contributed by atoms with Crippen molar-refractivity contribution < 1.29 is 23.9 Å². The van der Waals surface area contributed by atoms with Crippen molar-refractivity contribution >= 4 is 18.0 Å². The Morgan fingerprint density at radius 2 is 1.75 bits per heavy atom. The van der Waals surface area contributed by atoms with Crippen molar-refractivity contribution in [3.8, 4) is 0 Å². The van der Waals surface area contributed by atoms with Gasteiger partial charge in [0, 0.05) is 13.0 Å². The van der Waals surface area contributed by atoms with E-state index in [0.29, 0.717) is 6.54 Å². The van der Waals surface area contributed by atoms with Gasteiger partial charge in [-0.3, -0.25) is 4.79 Å². The molecular formula is C17H32N2O5. The van der Waals surface area contributed by atoms with Crippen molar-refractivity contribution in [1.29, 1.82) is 0 Å². The quantitative estimate of drug-likeness (QED) is 0.469. The first-order valence-electron chi connectivity index (χ1n) is 8.62. The maximum atomic E-state index is 11.9. The molecule has 2 N–H and O–H groups in total. The number of amides is 2. The summed E-state index contributed by atoms with van der Waals surface area (Å²) in [5.41, 5.74) is -0.667. The Morgan fingerprint density at radius 1 is 1.08 bits per heavy atom. The van der Waals surface area contributed by atoms with Crippen molar-refractivity contribution in [2.45, 2.75) is 78.4 Å². The molecule has 0 rings (SSSR count). The van der Waals surface area contributed by atoms with Crippen LogP contribution in [0.1, 0.15) is 66.7 Å². The fraction of sp³-hybridized carbons (Fsp3) is 0.824. The Morgan fingerprint density at radius 3 is 2.29 bits per heavy atom. The number of rotatable bonds is 10. The number of ether oxygens (including phenoxy) is 2. The summed E-state index contributed by atoms with van der Waals surface area (Å²) in [6.45, 7) is 9.79. The summed E-state index contributed by atoms with van der Waals surface area (Å²) in [6.07, 6.45) is 2.67. The van der Waals surface area contributed by atoms with Crippen LogP contribution in [0.5, 0.6) is 0 Å². The third-order valence-electron chi connectivity index (χ3n) is 3.02. The number of hydrogen-bond acceptors (Lipinski definition) is 5. The molecule has 0 aliphatic heterocycles. The molecule has 0 aromatic rings. The number of alkyl carbamates (subject to hydrolysis) is 1. The Kier molecular flexibility index (Phi) is 10.8. The van der Waals surface area contributed by atoms with Crippen molar-refractivity contribution in [2.24, 2.45) is 0 Å². The highest BCUT2D eigenvalue weighted by Gasteiger charge is 2.25. The molecule has 0 saturated carbocycles. The van der Waals surface area contributed by atoms with Gasteiger partial charge in [-0.1, -0.05) is 19.8 Å². The molecule has 0 bridgehead atoms. The molecular weight excluding hydrogens is 312 g/mol. The first kappa shape index (κ1) is 22.2. The normalized spacial score (nSPS) is 12.2. The molecule has 140 valence electrons. The summed E-state index contributed by atoms with van der Waals surface area (Å²) in [4.78, 5) is 35.6. The molecule has 1 unspecified atom stereocenters. The monoisotopic (exact) mass is 344 g/mol. The molecule has 0 saturated heterocycles. The summed E-state index contributed by atoms with van der Waals surface area (Å²) in [5, 5.41) is 5.27. The fourth-order valence-electron chi connectivity index (χ4n) is 1.91. The first-order chi connectivity index (χ1) is 11.2. The molecule has 7 nitrogen and oxygen atoms in total. The zero-order valence-electron chi connectivity index (χ0n) is 15.6. The molecule has 0 aromatic heterocycles. The summed E-state index contributed by atoms with van der Waals surface area (Å²) < 4.78 is 10.1. The molecule has 1 atom stereocenters. The summed E-state index contributed by atoms with van der Waals surface area (Å²) >= 11 is 0. The van der Waals surface area contributed by atoms with Gasteiger partial charge in [0.05, 0.1) is 6.61 Å². The number of hydrogen-bond donors (Lipinski definition) is 2. The van der Waals surface area contributed by atoms with Gasteiger partial charge in [-0.25, -0.2) is 9.59 Å². The number of unbranched alkanes of at least 4 members (excludes halogenated alkanes) is 2. The van der Waals surface area contributed by atoms with Gasteiger partial charge in [-0.15, -0.1) is 0 Å². The predicted octanol–water partition coefficient (Wildman–Crippen LogP) is 2.53. The molecule has 7 heteroatoms. The Labute approximate surface area is 144 Å². The van der Waals surface area contributed by atoms with Gasteiger partial charge in [-0.05, 0) is 40.5 Å². The summed E-state index contributed by atoms with van der Waals surface area (Å²) in [6, 6.07) is -0.902. The number of nitrogens with one attached hydrogen (secondary N) is 2. The maximum absolute atomic E-state index is 11.9. The number of esters is 1. The highest BCUT2D eigenvalue weighted by Crippen LogP contribution is 2.08. The van der Waals surface area contributed by atoms with Crippen LogP contribution in [0.25, 0.3) is 0 Å². The Bertz CT molecular complexity index is 404. The second kappa shape index (κ2) is 11.7. The minimum absolute atomic E-state index is 0.130. The smallest absolute Gasteiger partial charge is 0.408 e. The van der Waals surface area contributed by atoms with E-state index in [2.05, 4.69) is 17.6 Å². The molecule has 0 aliphatic rings. The lowest BCUT2D eigenvalue weighted by atomic mass is 10.1. The van der Waals surface area contributed by atoms with Crippen LogP contribution in [0.4, 0.5) is 4.79 Å². The Hall–Kier alpha value is -1.79. The number of carbonyl (C=O) groups excluding carboxylic acids is 3. The van der Waals surface area contributed by atoms with Gasteiger partial charge >= 0.3 is 12.1 Å². The van der Waals surface area contributed by atoms with Crippen molar-refractivity contribution in [1.82, 2.24) is 10.6 Å². The van der Waals surface area contributed by atoms with E-state index in [4.69, 9.17) is 9.47 Å². The predicted molar refractivity (Wildman–Crippen MR) is 91.6 cm³/mol. The van der Waals surface area contributed by atoms with Crippen LogP contribution < -0.4 is 10.6 Å². The largest absolute Gasteiger partial charge is 0.464 e. The lowest BCUT2D eigenvalue weighted by molar-refractivity contribution is -0.145. The highest BCUT2D eigenvalue weighted by molar-refractivity contribution is 5.83. The van der Waals surface area contributed by atoms with E-state index in [0.717, 1.165) is 19.3 Å². The van der Waals surface area contributed by atoms with Crippen molar-refractivity contribution in [3.63, 3.8) is 0 Å². The second-order valence-electron chi connectivity index (χ2n) is 6.55. The zero-order chi connectivity index (χ0) is 18.6. The van der Waals surface area contributed by atoms with E-state index in [1.807, 2.05) is 0 Å². The lowest BCUT2D eigenvalue weighted by Crippen LogP contribution is -2.44. The van der Waals surface area contributed by atoms with Crippen LogP contribution in [0.15, 0.2) is 0 Å². The SMILES string of the molecule is CCCCCNC(=O)CCC(NC(=O)OC(C)(C)C)C(=O)OCC. The van der Waals surface area contributed by atoms with E-state index in [9.17, 15) is 14.4 Å². The van der Waals surface area contributed by atoms with E-state index < -0.39 is 23.7 Å². The minimum Gasteiger partial charge on any atom is -0.464 e. The third kappa shape index (κ3) is 11.7. The molecule has 2 amide bonds.